The van der Waals surface area contributed by atoms with Crippen molar-refractivity contribution in [3.05, 3.63) is 53.1 Å². The highest BCUT2D eigenvalue weighted by molar-refractivity contribution is 7.89. The Kier molecular flexibility index (Phi) is 7.59. The van der Waals surface area contributed by atoms with Gasteiger partial charge in [-0.25, -0.2) is 12.7 Å². The number of sulfonamides is 1. The fraction of sp³-hybridized carbons (Fsp3) is 0.458. The number of ether oxygens (including phenoxy) is 1. The van der Waals surface area contributed by atoms with E-state index in [1.54, 1.807) is 23.1 Å². The summed E-state index contributed by atoms with van der Waals surface area (Å²) >= 11 is 0. The largest absolute Gasteiger partial charge is 0.492 e. The van der Waals surface area contributed by atoms with Gasteiger partial charge in [0.15, 0.2) is 0 Å². The molecule has 0 spiro atoms. The third-order valence-electron chi connectivity index (χ3n) is 5.59. The van der Waals surface area contributed by atoms with Gasteiger partial charge in [0.1, 0.15) is 12.4 Å². The minimum atomic E-state index is -3.50. The van der Waals surface area contributed by atoms with Gasteiger partial charge in [0.05, 0.1) is 11.4 Å². The van der Waals surface area contributed by atoms with Gasteiger partial charge in [-0.05, 0) is 80.8 Å². The van der Waals surface area contributed by atoms with Crippen LogP contribution in [-0.2, 0) is 21.2 Å². The molecule has 2 aromatic carbocycles. The van der Waals surface area contributed by atoms with Gasteiger partial charge in [0.2, 0.25) is 15.9 Å². The van der Waals surface area contributed by atoms with E-state index in [4.69, 9.17) is 4.74 Å². The highest BCUT2D eigenvalue weighted by Gasteiger charge is 2.26. The number of rotatable bonds is 8. The number of hydrogen-bond acceptors (Lipinski definition) is 5. The highest BCUT2D eigenvalue weighted by Crippen LogP contribution is 2.30. The van der Waals surface area contributed by atoms with Crippen molar-refractivity contribution in [1.29, 1.82) is 0 Å². The fourth-order valence-corrected chi connectivity index (χ4v) is 4.89. The first kappa shape index (κ1) is 24.2. The summed E-state index contributed by atoms with van der Waals surface area (Å²) in [5.41, 5.74) is 4.02. The van der Waals surface area contributed by atoms with E-state index in [-0.39, 0.29) is 17.3 Å². The summed E-state index contributed by atoms with van der Waals surface area (Å²) < 4.78 is 32.0. The lowest BCUT2D eigenvalue weighted by Gasteiger charge is -2.31. The molecule has 0 radical (unpaired) electrons. The number of carbonyl (C=O) groups is 1. The topological polar surface area (TPSA) is 70.2 Å². The summed E-state index contributed by atoms with van der Waals surface area (Å²) in [6.45, 7) is 6.11. The van der Waals surface area contributed by atoms with Crippen molar-refractivity contribution in [3.63, 3.8) is 0 Å². The Labute approximate surface area is 191 Å². The van der Waals surface area contributed by atoms with Crippen LogP contribution in [0.15, 0.2) is 41.3 Å². The average molecular weight is 460 g/mol. The number of benzene rings is 2. The maximum Gasteiger partial charge on any atom is 0.242 e. The standard InChI is InChI=1S/C24H33N3O4S/c1-18-13-19(2)15-21(14-18)31-12-11-26(5)17-24(28)27-10-6-7-20-16-22(8-9-23(20)27)32(29,30)25(3)4/h8-9,13-16H,6-7,10-12,17H2,1-5H3. The summed E-state index contributed by atoms with van der Waals surface area (Å²) in [7, 11) is 1.44. The second-order valence-electron chi connectivity index (χ2n) is 8.64. The molecule has 0 aliphatic carbocycles. The number of aryl methyl sites for hydroxylation is 3. The Morgan fingerprint density at radius 1 is 1.06 bits per heavy atom. The van der Waals surface area contributed by atoms with Gasteiger partial charge in [-0.2, -0.15) is 0 Å². The van der Waals surface area contributed by atoms with Gasteiger partial charge in [0, 0.05) is 32.9 Å². The zero-order valence-electron chi connectivity index (χ0n) is 19.6. The second kappa shape index (κ2) is 10.0. The van der Waals surface area contributed by atoms with Gasteiger partial charge in [-0.3, -0.25) is 9.69 Å². The van der Waals surface area contributed by atoms with Crippen molar-refractivity contribution in [2.24, 2.45) is 0 Å². The van der Waals surface area contributed by atoms with Gasteiger partial charge in [0.25, 0.3) is 0 Å². The average Bonchev–Trinajstić information content (AvgIpc) is 2.72. The Balaban J connectivity index is 1.61. The first-order chi connectivity index (χ1) is 15.1. The molecule has 2 aromatic rings. The monoisotopic (exact) mass is 459 g/mol. The number of likely N-dealkylation sites (N-methyl/N-ethyl adjacent to an activating group) is 1. The Bertz CT molecular complexity index is 1060. The molecule has 0 bridgehead atoms. The first-order valence-corrected chi connectivity index (χ1v) is 12.3. The Morgan fingerprint density at radius 3 is 2.41 bits per heavy atom. The molecule has 174 valence electrons. The van der Waals surface area contributed by atoms with Gasteiger partial charge in [-0.1, -0.05) is 6.07 Å². The molecule has 0 saturated carbocycles. The number of amides is 1. The maximum absolute atomic E-state index is 13.0. The Hall–Kier alpha value is -2.42. The quantitative estimate of drug-likeness (QED) is 0.607. The van der Waals surface area contributed by atoms with Gasteiger partial charge in [-0.15, -0.1) is 0 Å². The lowest BCUT2D eigenvalue weighted by atomic mass is 10.0. The molecular formula is C24H33N3O4S. The zero-order valence-corrected chi connectivity index (χ0v) is 20.4. The molecule has 0 fully saturated rings. The van der Waals surface area contributed by atoms with E-state index >= 15 is 0 Å². The summed E-state index contributed by atoms with van der Waals surface area (Å²) in [6, 6.07) is 11.2. The smallest absolute Gasteiger partial charge is 0.242 e. The maximum atomic E-state index is 13.0. The van der Waals surface area contributed by atoms with Crippen LogP contribution in [-0.4, -0.2) is 70.9 Å². The molecule has 3 rings (SSSR count). The van der Waals surface area contributed by atoms with Crippen molar-refractivity contribution in [1.82, 2.24) is 9.21 Å². The molecule has 7 nitrogen and oxygen atoms in total. The SMILES string of the molecule is Cc1cc(C)cc(OCCN(C)CC(=O)N2CCCc3cc(S(=O)(=O)N(C)C)ccc32)c1. The minimum Gasteiger partial charge on any atom is -0.492 e. The summed E-state index contributed by atoms with van der Waals surface area (Å²) in [5, 5.41) is 0. The molecule has 0 unspecified atom stereocenters. The summed E-state index contributed by atoms with van der Waals surface area (Å²) in [4.78, 5) is 17.0. The number of fused-ring (bicyclic) bond motifs is 1. The number of carbonyl (C=O) groups excluding carboxylic acids is 1. The van der Waals surface area contributed by atoms with E-state index < -0.39 is 10.0 Å². The van der Waals surface area contributed by atoms with E-state index in [9.17, 15) is 13.2 Å². The number of hydrogen-bond donors (Lipinski definition) is 0. The lowest BCUT2D eigenvalue weighted by molar-refractivity contribution is -0.119. The van der Waals surface area contributed by atoms with Crippen molar-refractivity contribution >= 4 is 21.6 Å². The van der Waals surface area contributed by atoms with Gasteiger partial charge < -0.3 is 9.64 Å². The molecule has 1 aliphatic heterocycles. The van der Waals surface area contributed by atoms with Crippen LogP contribution in [0.1, 0.15) is 23.1 Å². The predicted octanol–water partition coefficient (Wildman–Crippen LogP) is 2.84. The van der Waals surface area contributed by atoms with Crippen LogP contribution in [0.3, 0.4) is 0 Å². The lowest BCUT2D eigenvalue weighted by Crippen LogP contribution is -2.42. The second-order valence-corrected chi connectivity index (χ2v) is 10.8. The van der Waals surface area contributed by atoms with E-state index in [1.807, 2.05) is 37.9 Å². The van der Waals surface area contributed by atoms with Crippen LogP contribution in [0.5, 0.6) is 5.75 Å². The van der Waals surface area contributed by atoms with E-state index in [0.29, 0.717) is 19.7 Å². The molecule has 1 amide bonds. The summed E-state index contributed by atoms with van der Waals surface area (Å²) in [6.07, 6.45) is 1.57. The van der Waals surface area contributed by atoms with Crippen LogP contribution < -0.4 is 9.64 Å². The van der Waals surface area contributed by atoms with Crippen molar-refractivity contribution < 1.29 is 17.9 Å². The summed E-state index contributed by atoms with van der Waals surface area (Å²) in [5.74, 6) is 0.846. The van der Waals surface area contributed by atoms with Crippen LogP contribution >= 0.6 is 0 Å². The van der Waals surface area contributed by atoms with Crippen molar-refractivity contribution in [3.8, 4) is 5.75 Å². The Morgan fingerprint density at radius 2 is 1.75 bits per heavy atom. The minimum absolute atomic E-state index is 0.00284. The molecule has 0 saturated heterocycles. The van der Waals surface area contributed by atoms with Crippen LogP contribution in [0.25, 0.3) is 0 Å². The molecule has 1 heterocycles. The van der Waals surface area contributed by atoms with Crippen LogP contribution in [0.4, 0.5) is 5.69 Å². The zero-order chi connectivity index (χ0) is 23.5. The predicted molar refractivity (Wildman–Crippen MR) is 127 cm³/mol. The highest BCUT2D eigenvalue weighted by atomic mass is 32.2. The molecule has 0 aromatic heterocycles. The van der Waals surface area contributed by atoms with Crippen LogP contribution in [0, 0.1) is 13.8 Å². The fourth-order valence-electron chi connectivity index (χ4n) is 3.93. The molecule has 32 heavy (non-hydrogen) atoms. The van der Waals surface area contributed by atoms with Gasteiger partial charge >= 0.3 is 0 Å². The third kappa shape index (κ3) is 5.68. The van der Waals surface area contributed by atoms with Crippen molar-refractivity contribution in [2.45, 2.75) is 31.6 Å². The molecule has 0 atom stereocenters. The third-order valence-corrected chi connectivity index (χ3v) is 7.40. The number of anilines is 1. The molecular weight excluding hydrogens is 426 g/mol. The molecule has 8 heteroatoms. The molecule has 1 aliphatic rings. The van der Waals surface area contributed by atoms with Crippen LogP contribution in [0.2, 0.25) is 0 Å². The number of nitrogens with zero attached hydrogens (tertiary/aromatic N) is 3. The van der Waals surface area contributed by atoms with E-state index in [1.165, 1.54) is 18.4 Å². The first-order valence-electron chi connectivity index (χ1n) is 10.8. The van der Waals surface area contributed by atoms with E-state index in [0.717, 1.165) is 41.0 Å². The van der Waals surface area contributed by atoms with Crippen molar-refractivity contribution in [2.75, 3.05) is 52.3 Å². The molecule has 0 N–H and O–H groups in total. The normalized spacial score (nSPS) is 14.0. The van der Waals surface area contributed by atoms with E-state index in [2.05, 4.69) is 6.07 Å².